The summed E-state index contributed by atoms with van der Waals surface area (Å²) in [6, 6.07) is 38.0. The van der Waals surface area contributed by atoms with E-state index < -0.39 is 11.6 Å². The van der Waals surface area contributed by atoms with E-state index in [1.54, 1.807) is 24.3 Å². The van der Waals surface area contributed by atoms with Crippen LogP contribution < -0.4 is 0 Å². The third kappa shape index (κ3) is 9.36. The van der Waals surface area contributed by atoms with Crippen LogP contribution in [0.5, 0.6) is 0 Å². The van der Waals surface area contributed by atoms with E-state index in [1.165, 1.54) is 73.3 Å². The average molecular weight is 625 g/mol. The first-order valence-electron chi connectivity index (χ1n) is 16.1. The molecule has 0 atom stereocenters. The molecule has 47 heavy (non-hydrogen) atoms. The smallest absolute Gasteiger partial charge is 0.131 e. The Kier molecular flexibility index (Phi) is 11.7. The fourth-order valence-corrected chi connectivity index (χ4v) is 5.60. The highest BCUT2D eigenvalue weighted by molar-refractivity contribution is 5.72. The zero-order valence-electron chi connectivity index (χ0n) is 29.2. The summed E-state index contributed by atoms with van der Waals surface area (Å²) in [5, 5.41) is 0. The van der Waals surface area contributed by atoms with Crippen LogP contribution in [0, 0.1) is 73.9 Å². The van der Waals surface area contributed by atoms with E-state index in [2.05, 4.69) is 127 Å². The van der Waals surface area contributed by atoms with E-state index in [0.717, 1.165) is 11.1 Å². The molecule has 0 radical (unpaired) electrons. The predicted molar refractivity (Wildman–Crippen MR) is 198 cm³/mol. The van der Waals surface area contributed by atoms with Crippen molar-refractivity contribution in [3.63, 3.8) is 0 Å². The summed E-state index contributed by atoms with van der Waals surface area (Å²) in [7, 11) is 0. The Labute approximate surface area is 280 Å². The molecule has 0 fully saturated rings. The Bertz CT molecular complexity index is 1800. The van der Waals surface area contributed by atoms with Crippen molar-refractivity contribution in [3.8, 4) is 33.4 Å². The fourth-order valence-electron chi connectivity index (χ4n) is 5.60. The topological polar surface area (TPSA) is 0 Å². The molecule has 0 saturated carbocycles. The highest BCUT2D eigenvalue weighted by Crippen LogP contribution is 2.29. The van der Waals surface area contributed by atoms with Crippen LogP contribution in [-0.4, -0.2) is 0 Å². The molecule has 0 aromatic heterocycles. The van der Waals surface area contributed by atoms with Crippen molar-refractivity contribution in [1.29, 1.82) is 0 Å². The zero-order valence-corrected chi connectivity index (χ0v) is 29.2. The first kappa shape index (κ1) is 35.0. The lowest BCUT2D eigenvalue weighted by atomic mass is 9.94. The maximum absolute atomic E-state index is 13.6. The molecular weight excluding hydrogens is 578 g/mol. The monoisotopic (exact) mass is 624 g/mol. The lowest BCUT2D eigenvalue weighted by Gasteiger charge is -2.11. The first-order chi connectivity index (χ1) is 22.3. The van der Waals surface area contributed by atoms with Gasteiger partial charge >= 0.3 is 0 Å². The van der Waals surface area contributed by atoms with E-state index in [1.807, 2.05) is 13.8 Å². The van der Waals surface area contributed by atoms with Crippen LogP contribution in [0.2, 0.25) is 0 Å². The van der Waals surface area contributed by atoms with Crippen molar-refractivity contribution < 1.29 is 8.78 Å². The molecule has 6 aromatic carbocycles. The van der Waals surface area contributed by atoms with E-state index >= 15 is 0 Å². The second kappa shape index (κ2) is 15.6. The number of hydrogen-bond donors (Lipinski definition) is 0. The third-order valence-electron chi connectivity index (χ3n) is 8.33. The van der Waals surface area contributed by atoms with Gasteiger partial charge in [-0.1, -0.05) is 124 Å². The summed E-state index contributed by atoms with van der Waals surface area (Å²) in [4.78, 5) is 0. The second-order valence-electron chi connectivity index (χ2n) is 12.8. The van der Waals surface area contributed by atoms with Gasteiger partial charge in [0.05, 0.1) is 0 Å². The maximum atomic E-state index is 13.6. The number of rotatable bonds is 3. The Hall–Kier alpha value is -4.82. The van der Waals surface area contributed by atoms with Crippen molar-refractivity contribution in [2.75, 3.05) is 0 Å². The minimum absolute atomic E-state index is 0.321. The van der Waals surface area contributed by atoms with Crippen molar-refractivity contribution in [2.24, 2.45) is 0 Å². The number of benzene rings is 6. The highest BCUT2D eigenvalue weighted by atomic mass is 19.1. The Morgan fingerprint density at radius 2 is 0.617 bits per heavy atom. The van der Waals surface area contributed by atoms with Gasteiger partial charge in [-0.25, -0.2) is 8.78 Å². The minimum Gasteiger partial charge on any atom is -0.206 e. The van der Waals surface area contributed by atoms with Crippen LogP contribution in [0.1, 0.15) is 50.1 Å². The molecule has 0 amide bonds. The van der Waals surface area contributed by atoms with Crippen LogP contribution in [0.25, 0.3) is 33.4 Å². The largest absolute Gasteiger partial charge is 0.206 e. The fraction of sp³-hybridized carbons (Fsp3) is 0.200. The molecule has 240 valence electrons. The Morgan fingerprint density at radius 3 is 1.02 bits per heavy atom. The van der Waals surface area contributed by atoms with Gasteiger partial charge < -0.3 is 0 Å². The molecule has 0 N–H and O–H groups in total. The zero-order chi connectivity index (χ0) is 34.2. The summed E-state index contributed by atoms with van der Waals surface area (Å²) in [6.07, 6.45) is 0. The normalized spacial score (nSPS) is 10.4. The minimum atomic E-state index is -0.393. The Balaban J connectivity index is 0.000000160. The second-order valence-corrected chi connectivity index (χ2v) is 12.8. The van der Waals surface area contributed by atoms with Gasteiger partial charge in [-0.05, 0) is 126 Å². The average Bonchev–Trinajstić information content (AvgIpc) is 3.04. The lowest BCUT2D eigenvalue weighted by molar-refractivity contribution is 0.616. The number of aryl methyl sites for hydroxylation is 9. The van der Waals surface area contributed by atoms with E-state index in [4.69, 9.17) is 0 Å². The van der Waals surface area contributed by atoms with Gasteiger partial charge in [-0.3, -0.25) is 0 Å². The van der Waals surface area contributed by atoms with Crippen LogP contribution >= 0.6 is 0 Å². The van der Waals surface area contributed by atoms with Gasteiger partial charge in [0.15, 0.2) is 0 Å². The van der Waals surface area contributed by atoms with Crippen molar-refractivity contribution in [2.45, 2.75) is 62.3 Å². The van der Waals surface area contributed by atoms with Gasteiger partial charge in [0.25, 0.3) is 0 Å². The van der Waals surface area contributed by atoms with E-state index in [0.29, 0.717) is 11.1 Å². The summed E-state index contributed by atoms with van der Waals surface area (Å²) in [6.45, 7) is 18.8. The SMILES string of the molecule is Cc1ccc(C)c(-c2cc(C)ccc2C)c1.Cc1ccc(F)c(-c2cc(C)ccc2F)c1.Cc1cccc(-c2cc(C)ccc2C)c1. The summed E-state index contributed by atoms with van der Waals surface area (Å²) >= 11 is 0. The molecular formula is C45H46F2. The van der Waals surface area contributed by atoms with Gasteiger partial charge in [-0.15, -0.1) is 0 Å². The van der Waals surface area contributed by atoms with Crippen LogP contribution in [-0.2, 0) is 0 Å². The molecule has 0 aliphatic carbocycles. The van der Waals surface area contributed by atoms with Gasteiger partial charge in [0.1, 0.15) is 11.6 Å². The first-order valence-corrected chi connectivity index (χ1v) is 16.1. The van der Waals surface area contributed by atoms with Gasteiger partial charge in [0, 0.05) is 11.1 Å². The molecule has 0 heterocycles. The highest BCUT2D eigenvalue weighted by Gasteiger charge is 2.10. The van der Waals surface area contributed by atoms with Gasteiger partial charge in [0.2, 0.25) is 0 Å². The molecule has 0 bridgehead atoms. The van der Waals surface area contributed by atoms with Crippen LogP contribution in [0.4, 0.5) is 8.78 Å². The lowest BCUT2D eigenvalue weighted by Crippen LogP contribution is -1.90. The molecule has 0 unspecified atom stereocenters. The van der Waals surface area contributed by atoms with E-state index in [-0.39, 0.29) is 0 Å². The molecule has 0 spiro atoms. The quantitative estimate of drug-likeness (QED) is 0.184. The standard InChI is InChI=1S/C16H18.C15H16.C14H12F2/c1-11-5-7-13(3)15(9-11)16-10-12(2)6-8-14(16)4;1-11-5-4-6-14(9-11)15-10-12(2)7-8-13(15)3;1-9-3-5-13(15)11(7-9)12-8-10(2)4-6-14(12)16/h5-10H,1-4H3;4-10H,1-3H3;3-8H,1-2H3. The maximum Gasteiger partial charge on any atom is 0.131 e. The molecule has 0 nitrogen and oxygen atoms in total. The molecule has 0 saturated heterocycles. The molecule has 6 aromatic rings. The summed E-state index contributed by atoms with van der Waals surface area (Å²) in [5.41, 5.74) is 17.2. The Morgan fingerprint density at radius 1 is 0.298 bits per heavy atom. The number of hydrogen-bond acceptors (Lipinski definition) is 0. The van der Waals surface area contributed by atoms with Crippen molar-refractivity contribution in [1.82, 2.24) is 0 Å². The molecule has 0 aliphatic rings. The van der Waals surface area contributed by atoms with Gasteiger partial charge in [-0.2, -0.15) is 0 Å². The molecule has 0 aliphatic heterocycles. The van der Waals surface area contributed by atoms with Crippen LogP contribution in [0.3, 0.4) is 0 Å². The van der Waals surface area contributed by atoms with Crippen molar-refractivity contribution in [3.05, 3.63) is 177 Å². The third-order valence-corrected chi connectivity index (χ3v) is 8.33. The number of halogens is 2. The summed E-state index contributed by atoms with van der Waals surface area (Å²) < 4.78 is 27.2. The molecule has 2 heteroatoms. The summed E-state index contributed by atoms with van der Waals surface area (Å²) in [5.74, 6) is -0.787. The predicted octanol–water partition coefficient (Wildman–Crippen LogP) is 13.1. The van der Waals surface area contributed by atoms with E-state index in [9.17, 15) is 8.78 Å². The molecule has 6 rings (SSSR count). The van der Waals surface area contributed by atoms with Crippen LogP contribution in [0.15, 0.2) is 115 Å². The van der Waals surface area contributed by atoms with Crippen molar-refractivity contribution >= 4 is 0 Å².